The first-order valence-electron chi connectivity index (χ1n) is 7.42. The van der Waals surface area contributed by atoms with Crippen LogP contribution in [0.25, 0.3) is 10.6 Å². The molecule has 142 valence electrons. The molecule has 0 spiro atoms. The van der Waals surface area contributed by atoms with Crippen LogP contribution in [0.2, 0.25) is 0 Å². The Morgan fingerprint density at radius 2 is 2.11 bits per heavy atom. The van der Waals surface area contributed by atoms with Crippen molar-refractivity contribution in [3.05, 3.63) is 34.7 Å². The number of carbonyl (C=O) groups is 2. The first-order valence-corrected chi connectivity index (χ1v) is 9.18. The summed E-state index contributed by atoms with van der Waals surface area (Å²) in [6.45, 7) is 1.40. The Morgan fingerprint density at radius 3 is 2.63 bits per heavy atom. The van der Waals surface area contributed by atoms with Crippen molar-refractivity contribution in [1.29, 1.82) is 5.26 Å². The summed E-state index contributed by atoms with van der Waals surface area (Å²) < 4.78 is 40.3. The zero-order valence-electron chi connectivity index (χ0n) is 14.0. The number of alkyl halides is 3. The summed E-state index contributed by atoms with van der Waals surface area (Å²) in [7, 11) is 1.32. The largest absolute Gasteiger partial charge is 0.417 e. The first kappa shape index (κ1) is 20.7. The number of carbonyl (C=O) groups excluding carboxylic acids is 2. The van der Waals surface area contributed by atoms with E-state index in [9.17, 15) is 28.0 Å². The minimum absolute atomic E-state index is 0.0535. The van der Waals surface area contributed by atoms with Crippen molar-refractivity contribution < 1.29 is 22.8 Å². The summed E-state index contributed by atoms with van der Waals surface area (Å²) in [6, 6.07) is 4.88. The van der Waals surface area contributed by atoms with Gasteiger partial charge in [-0.3, -0.25) is 10.1 Å². The molecular weight excluding hydrogens is 401 g/mol. The Balaban J connectivity index is 2.48. The fourth-order valence-electron chi connectivity index (χ4n) is 1.99. The van der Waals surface area contributed by atoms with Crippen molar-refractivity contribution in [3.8, 4) is 16.6 Å². The van der Waals surface area contributed by atoms with Gasteiger partial charge in [-0.1, -0.05) is 17.8 Å². The second-order valence-electron chi connectivity index (χ2n) is 5.15. The van der Waals surface area contributed by atoms with E-state index in [2.05, 4.69) is 10.3 Å². The Morgan fingerprint density at radius 1 is 1.41 bits per heavy atom. The number of thiophene rings is 1. The molecule has 6 nitrogen and oxygen atoms in total. The molecule has 2 rings (SSSR count). The molecule has 0 aliphatic heterocycles. The van der Waals surface area contributed by atoms with E-state index in [4.69, 9.17) is 0 Å². The smallest absolute Gasteiger partial charge is 0.341 e. The molecule has 0 saturated heterocycles. The number of rotatable bonds is 4. The highest BCUT2D eigenvalue weighted by molar-refractivity contribution is 8.00. The second-order valence-corrected chi connectivity index (χ2v) is 7.43. The van der Waals surface area contributed by atoms with Crippen LogP contribution in [0.3, 0.4) is 0 Å². The van der Waals surface area contributed by atoms with E-state index in [-0.39, 0.29) is 10.7 Å². The second kappa shape index (κ2) is 8.41. The van der Waals surface area contributed by atoms with Gasteiger partial charge >= 0.3 is 12.2 Å². The van der Waals surface area contributed by atoms with Gasteiger partial charge in [0, 0.05) is 7.05 Å². The molecule has 0 aromatic carbocycles. The van der Waals surface area contributed by atoms with Gasteiger partial charge in [-0.2, -0.15) is 18.4 Å². The predicted octanol–water partition coefficient (Wildman–Crippen LogP) is 3.64. The number of aromatic nitrogens is 1. The van der Waals surface area contributed by atoms with E-state index in [1.165, 1.54) is 31.4 Å². The van der Waals surface area contributed by atoms with Crippen molar-refractivity contribution in [1.82, 2.24) is 15.6 Å². The van der Waals surface area contributed by atoms with E-state index in [1.54, 1.807) is 17.5 Å². The van der Waals surface area contributed by atoms with Crippen molar-refractivity contribution in [2.24, 2.45) is 0 Å². The number of amides is 3. The number of nitriles is 1. The van der Waals surface area contributed by atoms with E-state index >= 15 is 0 Å². The van der Waals surface area contributed by atoms with Gasteiger partial charge in [-0.25, -0.2) is 9.78 Å². The Kier molecular flexibility index (Phi) is 6.45. The number of urea groups is 1. The minimum atomic E-state index is -4.76. The van der Waals surface area contributed by atoms with Crippen LogP contribution >= 0.6 is 23.1 Å². The normalized spacial score (nSPS) is 12.1. The van der Waals surface area contributed by atoms with Gasteiger partial charge in [0.25, 0.3) is 0 Å². The molecule has 2 aromatic heterocycles. The summed E-state index contributed by atoms with van der Waals surface area (Å²) in [6.07, 6.45) is -4.76. The Bertz CT molecular complexity index is 892. The maximum absolute atomic E-state index is 13.4. The topological polar surface area (TPSA) is 94.9 Å². The van der Waals surface area contributed by atoms with Crippen LogP contribution in [0, 0.1) is 11.3 Å². The van der Waals surface area contributed by atoms with Crippen LogP contribution < -0.4 is 10.6 Å². The van der Waals surface area contributed by atoms with Gasteiger partial charge in [0.15, 0.2) is 0 Å². The van der Waals surface area contributed by atoms with Crippen molar-refractivity contribution in [2.75, 3.05) is 7.05 Å². The highest BCUT2D eigenvalue weighted by Crippen LogP contribution is 2.39. The zero-order chi connectivity index (χ0) is 20.2. The molecule has 1 unspecified atom stereocenters. The third-order valence-electron chi connectivity index (χ3n) is 3.30. The molecule has 2 aromatic rings. The van der Waals surface area contributed by atoms with Crippen LogP contribution in [0.4, 0.5) is 18.0 Å². The molecule has 0 aliphatic carbocycles. The summed E-state index contributed by atoms with van der Waals surface area (Å²) in [5.41, 5.74) is -1.73. The van der Waals surface area contributed by atoms with E-state index < -0.39 is 34.5 Å². The van der Waals surface area contributed by atoms with E-state index in [0.29, 0.717) is 16.6 Å². The molecule has 2 N–H and O–H groups in total. The lowest BCUT2D eigenvalue weighted by atomic mass is 10.1. The SMILES string of the molecule is CNC(=O)NC(=O)C(C)Sc1nc(-c2cccs2)cc(C(F)(F)F)c1C#N. The molecule has 1 atom stereocenters. The lowest BCUT2D eigenvalue weighted by Crippen LogP contribution is -2.41. The van der Waals surface area contributed by atoms with Crippen LogP contribution in [0.5, 0.6) is 0 Å². The fourth-order valence-corrected chi connectivity index (χ4v) is 3.60. The van der Waals surface area contributed by atoms with Crippen molar-refractivity contribution in [2.45, 2.75) is 23.4 Å². The highest BCUT2D eigenvalue weighted by Gasteiger charge is 2.36. The molecule has 0 saturated carbocycles. The quantitative estimate of drug-likeness (QED) is 0.745. The number of hydrogen-bond acceptors (Lipinski definition) is 6. The predicted molar refractivity (Wildman–Crippen MR) is 95.2 cm³/mol. The van der Waals surface area contributed by atoms with Gasteiger partial charge in [0.1, 0.15) is 11.1 Å². The monoisotopic (exact) mass is 414 g/mol. The first-order chi connectivity index (χ1) is 12.7. The number of halogens is 3. The average molecular weight is 414 g/mol. The van der Waals surface area contributed by atoms with Crippen LogP contribution in [-0.2, 0) is 11.0 Å². The molecule has 11 heteroatoms. The van der Waals surface area contributed by atoms with Crippen molar-refractivity contribution >= 4 is 35.0 Å². The van der Waals surface area contributed by atoms with E-state index in [0.717, 1.165) is 6.07 Å². The number of thioether (sulfide) groups is 1. The standard InChI is InChI=1S/C16H13F3N4O2S2/c1-8(13(24)23-15(25)21-2)27-14-9(7-20)10(16(17,18)19)6-11(22-14)12-4-3-5-26-12/h3-6,8H,1-2H3,(H2,21,23,24,25). The molecule has 0 aliphatic rings. The lowest BCUT2D eigenvalue weighted by Gasteiger charge is -2.16. The number of nitrogens with zero attached hydrogens (tertiary/aromatic N) is 2. The molecule has 27 heavy (non-hydrogen) atoms. The Hall–Kier alpha value is -2.58. The summed E-state index contributed by atoms with van der Waals surface area (Å²) in [5.74, 6) is -0.722. The summed E-state index contributed by atoms with van der Waals surface area (Å²) in [4.78, 5) is 27.9. The molecular formula is C16H13F3N4O2S2. The minimum Gasteiger partial charge on any atom is -0.341 e. The summed E-state index contributed by atoms with van der Waals surface area (Å²) in [5, 5.41) is 14.0. The number of hydrogen-bond donors (Lipinski definition) is 2. The molecule has 0 bridgehead atoms. The van der Waals surface area contributed by atoms with Crippen LogP contribution in [0.1, 0.15) is 18.1 Å². The van der Waals surface area contributed by atoms with Gasteiger partial charge in [-0.15, -0.1) is 11.3 Å². The molecule has 2 heterocycles. The van der Waals surface area contributed by atoms with Gasteiger partial charge in [0.05, 0.1) is 26.9 Å². The Labute approximate surface area is 160 Å². The van der Waals surface area contributed by atoms with Gasteiger partial charge in [0.2, 0.25) is 5.91 Å². The highest BCUT2D eigenvalue weighted by atomic mass is 32.2. The van der Waals surface area contributed by atoms with E-state index in [1.807, 2.05) is 5.32 Å². The summed E-state index contributed by atoms with van der Waals surface area (Å²) >= 11 is 1.88. The lowest BCUT2D eigenvalue weighted by molar-refractivity contribution is -0.138. The number of pyridine rings is 1. The third-order valence-corrected chi connectivity index (χ3v) is 5.28. The maximum atomic E-state index is 13.4. The number of imide groups is 1. The maximum Gasteiger partial charge on any atom is 0.417 e. The fraction of sp³-hybridized carbons (Fsp3) is 0.250. The molecule has 0 radical (unpaired) electrons. The molecule has 0 fully saturated rings. The van der Waals surface area contributed by atoms with Gasteiger partial charge < -0.3 is 5.32 Å². The van der Waals surface area contributed by atoms with Crippen molar-refractivity contribution in [3.63, 3.8) is 0 Å². The van der Waals surface area contributed by atoms with Crippen LogP contribution in [-0.4, -0.2) is 29.2 Å². The van der Waals surface area contributed by atoms with Gasteiger partial charge in [-0.05, 0) is 24.4 Å². The zero-order valence-corrected chi connectivity index (χ0v) is 15.7. The third kappa shape index (κ3) is 4.99. The average Bonchev–Trinajstić information content (AvgIpc) is 3.14. The number of nitrogens with one attached hydrogen (secondary N) is 2. The molecule has 3 amide bonds. The van der Waals surface area contributed by atoms with Crippen LogP contribution in [0.15, 0.2) is 28.6 Å².